The van der Waals surface area contributed by atoms with Crippen LogP contribution in [0.25, 0.3) is 17.3 Å². The van der Waals surface area contributed by atoms with Crippen molar-refractivity contribution in [2.24, 2.45) is 11.7 Å². The molecule has 0 spiro atoms. The van der Waals surface area contributed by atoms with Crippen LogP contribution in [-0.4, -0.2) is 49.6 Å². The molecule has 4 heterocycles. The van der Waals surface area contributed by atoms with E-state index in [1.165, 1.54) is 23.1 Å². The Morgan fingerprint density at radius 1 is 1.25 bits per heavy atom. The molecule has 1 fully saturated rings. The molecule has 1 aromatic carbocycles. The molecule has 1 saturated heterocycles. The number of nitrogens with zero attached hydrogens (tertiary/aromatic N) is 5. The average molecular weight is 543 g/mol. The molecular weight excluding hydrogens is 520 g/mol. The van der Waals surface area contributed by atoms with Gasteiger partial charge in [0.1, 0.15) is 10.7 Å². The summed E-state index contributed by atoms with van der Waals surface area (Å²) in [6.07, 6.45) is 2.77. The number of rotatable bonds is 7. The van der Waals surface area contributed by atoms with Crippen LogP contribution >= 0.6 is 34.7 Å². The highest BCUT2D eigenvalue weighted by Crippen LogP contribution is 2.33. The molecule has 36 heavy (non-hydrogen) atoms. The van der Waals surface area contributed by atoms with Crippen molar-refractivity contribution in [3.63, 3.8) is 0 Å². The third-order valence-corrected chi connectivity index (χ3v) is 8.27. The Morgan fingerprint density at radius 2 is 2.06 bits per heavy atom. The zero-order chi connectivity index (χ0) is 25.2. The van der Waals surface area contributed by atoms with Gasteiger partial charge in [-0.25, -0.2) is 4.98 Å². The maximum Gasteiger partial charge on any atom is 0.273 e. The highest BCUT2D eigenvalue weighted by atomic mass is 35.5. The maximum atomic E-state index is 12.9. The first-order valence-corrected chi connectivity index (χ1v) is 13.6. The summed E-state index contributed by atoms with van der Waals surface area (Å²) in [7, 11) is 0. The van der Waals surface area contributed by atoms with Gasteiger partial charge in [-0.3, -0.25) is 14.2 Å². The minimum Gasteiger partial charge on any atom is -0.461 e. The van der Waals surface area contributed by atoms with E-state index >= 15 is 0 Å². The fourth-order valence-corrected chi connectivity index (χ4v) is 6.00. The van der Waals surface area contributed by atoms with Gasteiger partial charge in [-0.1, -0.05) is 29.4 Å². The number of hydrogen-bond donors (Lipinski definition) is 1. The number of benzene rings is 1. The van der Waals surface area contributed by atoms with Crippen molar-refractivity contribution in [3.05, 3.63) is 63.3 Å². The second-order valence-corrected chi connectivity index (χ2v) is 10.8. The number of piperidine rings is 1. The number of furan rings is 1. The van der Waals surface area contributed by atoms with Crippen molar-refractivity contribution in [3.8, 4) is 17.3 Å². The third kappa shape index (κ3) is 5.04. The van der Waals surface area contributed by atoms with Crippen LogP contribution in [0.3, 0.4) is 0 Å². The Labute approximate surface area is 220 Å². The van der Waals surface area contributed by atoms with E-state index in [9.17, 15) is 9.59 Å². The lowest BCUT2D eigenvalue weighted by Crippen LogP contribution is -2.41. The number of carbonyl (C=O) groups is 2. The highest BCUT2D eigenvalue weighted by Gasteiger charge is 2.28. The smallest absolute Gasteiger partial charge is 0.273 e. The number of halogens is 1. The number of aromatic nitrogens is 4. The molecule has 12 heteroatoms. The van der Waals surface area contributed by atoms with Gasteiger partial charge in [-0.05, 0) is 49.6 Å². The van der Waals surface area contributed by atoms with E-state index in [-0.39, 0.29) is 17.7 Å². The Hall–Kier alpha value is -3.15. The van der Waals surface area contributed by atoms with Gasteiger partial charge >= 0.3 is 0 Å². The molecule has 0 radical (unpaired) electrons. The second-order valence-electron chi connectivity index (χ2n) is 8.43. The fourth-order valence-electron chi connectivity index (χ4n) is 4.10. The van der Waals surface area contributed by atoms with E-state index in [1.54, 1.807) is 22.6 Å². The Balaban J connectivity index is 1.34. The normalized spacial score (nSPS) is 14.3. The van der Waals surface area contributed by atoms with Crippen molar-refractivity contribution in [2.45, 2.75) is 30.7 Å². The number of likely N-dealkylation sites (tertiary alicyclic amines) is 1. The van der Waals surface area contributed by atoms with E-state index in [0.717, 1.165) is 16.3 Å². The third-order valence-electron chi connectivity index (χ3n) is 6.07. The number of thioether (sulfide) groups is 1. The van der Waals surface area contributed by atoms with Crippen LogP contribution in [0, 0.1) is 12.8 Å². The lowest BCUT2D eigenvalue weighted by Gasteiger charge is -2.30. The molecule has 0 bridgehead atoms. The Kier molecular flexibility index (Phi) is 7.13. The van der Waals surface area contributed by atoms with Gasteiger partial charge in [0.2, 0.25) is 11.7 Å². The van der Waals surface area contributed by atoms with Crippen molar-refractivity contribution in [1.82, 2.24) is 24.6 Å². The summed E-state index contributed by atoms with van der Waals surface area (Å²) in [5, 5.41) is 12.6. The van der Waals surface area contributed by atoms with Gasteiger partial charge in [-0.15, -0.1) is 21.5 Å². The molecule has 4 aromatic rings. The molecular formula is C24H23ClN6O3S2. The summed E-state index contributed by atoms with van der Waals surface area (Å²) >= 11 is 9.20. The number of primary amides is 1. The topological polar surface area (TPSA) is 120 Å². The molecule has 0 atom stereocenters. The fraction of sp³-hybridized carbons (Fsp3) is 0.292. The van der Waals surface area contributed by atoms with Gasteiger partial charge in [-0.2, -0.15) is 0 Å². The quantitative estimate of drug-likeness (QED) is 0.339. The van der Waals surface area contributed by atoms with Crippen LogP contribution in [0.1, 0.15) is 33.9 Å². The van der Waals surface area contributed by atoms with E-state index in [0.29, 0.717) is 59.1 Å². The number of nitrogens with two attached hydrogens (primary N) is 1. The second kappa shape index (κ2) is 10.5. The minimum absolute atomic E-state index is 0.122. The van der Waals surface area contributed by atoms with E-state index in [2.05, 4.69) is 15.2 Å². The molecule has 186 valence electrons. The van der Waals surface area contributed by atoms with Crippen molar-refractivity contribution in [1.29, 1.82) is 0 Å². The van der Waals surface area contributed by atoms with Crippen molar-refractivity contribution in [2.75, 3.05) is 13.1 Å². The van der Waals surface area contributed by atoms with E-state index < -0.39 is 0 Å². The molecule has 9 nitrogen and oxygen atoms in total. The SMILES string of the molecule is Cc1ccc(Cl)cc1-n1c(SCc2nc(C(=O)N3CCC(C(N)=O)CC3)cs2)nnc1-c1ccco1. The minimum atomic E-state index is -0.300. The molecule has 1 aliphatic rings. The van der Waals surface area contributed by atoms with Crippen LogP contribution in [0.4, 0.5) is 0 Å². The number of aryl methyl sites for hydroxylation is 1. The zero-order valence-electron chi connectivity index (χ0n) is 19.4. The molecule has 0 saturated carbocycles. The summed E-state index contributed by atoms with van der Waals surface area (Å²) in [4.78, 5) is 30.6. The van der Waals surface area contributed by atoms with Gasteiger partial charge in [0, 0.05) is 29.4 Å². The lowest BCUT2D eigenvalue weighted by atomic mass is 9.96. The van der Waals surface area contributed by atoms with Crippen LogP contribution < -0.4 is 5.73 Å². The molecule has 5 rings (SSSR count). The standard InChI is InChI=1S/C24H23ClN6O3S2/c1-14-4-5-16(25)11-18(14)31-22(19-3-2-10-34-19)28-29-24(31)36-13-20-27-17(12-35-20)23(33)30-8-6-15(7-9-30)21(26)32/h2-5,10-12,15H,6-9,13H2,1H3,(H2,26,32). The van der Waals surface area contributed by atoms with Crippen LogP contribution in [0.5, 0.6) is 0 Å². The Bertz CT molecular complexity index is 1390. The number of hydrogen-bond acceptors (Lipinski definition) is 8. The van der Waals surface area contributed by atoms with Crippen LogP contribution in [0.15, 0.2) is 51.5 Å². The molecule has 2 amide bonds. The first-order valence-electron chi connectivity index (χ1n) is 11.3. The van der Waals surface area contributed by atoms with Crippen LogP contribution in [0.2, 0.25) is 5.02 Å². The predicted molar refractivity (Wildman–Crippen MR) is 138 cm³/mol. The highest BCUT2D eigenvalue weighted by molar-refractivity contribution is 7.98. The molecule has 2 N–H and O–H groups in total. The van der Waals surface area contributed by atoms with Gasteiger partial charge < -0.3 is 15.1 Å². The van der Waals surface area contributed by atoms with Crippen LogP contribution in [-0.2, 0) is 10.5 Å². The van der Waals surface area contributed by atoms with Crippen molar-refractivity contribution < 1.29 is 14.0 Å². The first kappa shape index (κ1) is 24.5. The molecule has 1 aliphatic heterocycles. The predicted octanol–water partition coefficient (Wildman–Crippen LogP) is 4.58. The van der Waals surface area contributed by atoms with Gasteiger partial charge in [0.25, 0.3) is 5.91 Å². The zero-order valence-corrected chi connectivity index (χ0v) is 21.8. The average Bonchev–Trinajstić information content (AvgIpc) is 3.64. The summed E-state index contributed by atoms with van der Waals surface area (Å²) < 4.78 is 7.52. The number of thiazole rings is 1. The summed E-state index contributed by atoms with van der Waals surface area (Å²) in [6, 6.07) is 9.30. The maximum absolute atomic E-state index is 12.9. The van der Waals surface area contributed by atoms with Gasteiger partial charge in [0.05, 0.1) is 17.7 Å². The van der Waals surface area contributed by atoms with E-state index in [4.69, 9.17) is 21.8 Å². The largest absolute Gasteiger partial charge is 0.461 e. The first-order chi connectivity index (χ1) is 17.4. The lowest BCUT2D eigenvalue weighted by molar-refractivity contribution is -0.123. The van der Waals surface area contributed by atoms with Gasteiger partial charge in [0.15, 0.2) is 10.9 Å². The summed E-state index contributed by atoms with van der Waals surface area (Å²) in [6.45, 7) is 3.01. The number of amides is 2. The number of carbonyl (C=O) groups excluding carboxylic acids is 2. The summed E-state index contributed by atoms with van der Waals surface area (Å²) in [5.74, 6) is 1.09. The van der Waals surface area contributed by atoms with E-state index in [1.807, 2.05) is 35.8 Å². The van der Waals surface area contributed by atoms with Crippen molar-refractivity contribution >= 4 is 46.5 Å². The Morgan fingerprint density at radius 3 is 2.78 bits per heavy atom. The molecule has 3 aromatic heterocycles. The molecule has 0 unspecified atom stereocenters. The monoisotopic (exact) mass is 542 g/mol. The summed E-state index contributed by atoms with van der Waals surface area (Å²) in [5.41, 5.74) is 7.68. The molecule has 0 aliphatic carbocycles.